The normalized spacial score (nSPS) is 14.1. The number of benzene rings is 2. The molecule has 2 aromatic rings. The lowest BCUT2D eigenvalue weighted by Gasteiger charge is -2.23. The molecular weight excluding hydrogens is 255 g/mol. The molecule has 0 atom stereocenters. The van der Waals surface area contributed by atoms with Crippen LogP contribution in [0.4, 0.5) is 15.8 Å². The third kappa shape index (κ3) is 2.09. The Morgan fingerprint density at radius 2 is 2.00 bits per heavy atom. The Kier molecular flexibility index (Phi) is 3.06. The van der Waals surface area contributed by atoms with E-state index in [0.29, 0.717) is 11.3 Å². The number of nitrogens with zero attached hydrogens (tertiary/aromatic N) is 2. The molecule has 0 saturated carbocycles. The highest BCUT2D eigenvalue weighted by molar-refractivity contribution is 6.08. The van der Waals surface area contributed by atoms with Crippen molar-refractivity contribution in [1.29, 1.82) is 0 Å². The highest BCUT2D eigenvalue weighted by Gasteiger charge is 2.22. The van der Waals surface area contributed by atoms with E-state index in [4.69, 9.17) is 0 Å². The Morgan fingerprint density at radius 3 is 2.80 bits per heavy atom. The lowest BCUT2D eigenvalue weighted by molar-refractivity contribution is -0.116. The van der Waals surface area contributed by atoms with Crippen LogP contribution in [0.2, 0.25) is 0 Å². The van der Waals surface area contributed by atoms with Crippen molar-refractivity contribution < 1.29 is 9.18 Å². The van der Waals surface area contributed by atoms with E-state index in [1.165, 1.54) is 6.07 Å². The van der Waals surface area contributed by atoms with Crippen LogP contribution < -0.4 is 4.90 Å². The van der Waals surface area contributed by atoms with Gasteiger partial charge >= 0.3 is 0 Å². The summed E-state index contributed by atoms with van der Waals surface area (Å²) >= 11 is 0. The molecule has 3 nitrogen and oxygen atoms in total. The summed E-state index contributed by atoms with van der Waals surface area (Å²) in [6, 6.07) is 12.2. The number of carbonyl (C=O) groups excluding carboxylic acids is 1. The van der Waals surface area contributed by atoms with Crippen molar-refractivity contribution in [2.75, 3.05) is 11.4 Å². The van der Waals surface area contributed by atoms with Gasteiger partial charge in [0.2, 0.25) is 0 Å². The number of benzodiazepines with no additional fused rings is 1. The second-order valence-corrected chi connectivity index (χ2v) is 4.69. The molecule has 0 unspecified atom stereocenters. The number of para-hydroxylation sites is 1. The topological polar surface area (TPSA) is 32.7 Å². The third-order valence-electron chi connectivity index (χ3n) is 3.28. The third-order valence-corrected chi connectivity index (χ3v) is 3.28. The molecule has 0 spiro atoms. The van der Waals surface area contributed by atoms with Gasteiger partial charge in [0.25, 0.3) is 5.91 Å². The van der Waals surface area contributed by atoms with Gasteiger partial charge < -0.3 is 0 Å². The van der Waals surface area contributed by atoms with Gasteiger partial charge in [0.15, 0.2) is 0 Å². The minimum Gasteiger partial charge on any atom is -0.283 e. The maximum absolute atomic E-state index is 13.4. The number of hydrogen-bond acceptors (Lipinski definition) is 2. The van der Waals surface area contributed by atoms with Crippen molar-refractivity contribution in [3.63, 3.8) is 0 Å². The number of halogens is 1. The molecule has 100 valence electrons. The van der Waals surface area contributed by atoms with Gasteiger partial charge in [-0.3, -0.25) is 14.7 Å². The number of anilines is 2. The van der Waals surface area contributed by atoms with Crippen LogP contribution in [0.5, 0.6) is 0 Å². The molecule has 1 heterocycles. The monoisotopic (exact) mass is 268 g/mol. The van der Waals surface area contributed by atoms with E-state index >= 15 is 0 Å². The number of amides is 1. The van der Waals surface area contributed by atoms with E-state index in [-0.39, 0.29) is 18.3 Å². The van der Waals surface area contributed by atoms with Crippen LogP contribution in [0.25, 0.3) is 0 Å². The summed E-state index contributed by atoms with van der Waals surface area (Å²) < 4.78 is 13.4. The van der Waals surface area contributed by atoms with E-state index < -0.39 is 0 Å². The van der Waals surface area contributed by atoms with Gasteiger partial charge in [-0.15, -0.1) is 0 Å². The fraction of sp³-hybridized carbons (Fsp3) is 0.125. The van der Waals surface area contributed by atoms with Crippen LogP contribution in [-0.2, 0) is 4.79 Å². The molecule has 0 aromatic heterocycles. The van der Waals surface area contributed by atoms with Crippen LogP contribution in [0.3, 0.4) is 0 Å². The minimum absolute atomic E-state index is 0.0884. The summed E-state index contributed by atoms with van der Waals surface area (Å²) in [5.74, 6) is -0.405. The quantitative estimate of drug-likeness (QED) is 0.781. The predicted octanol–water partition coefficient (Wildman–Crippen LogP) is 3.23. The van der Waals surface area contributed by atoms with Crippen molar-refractivity contribution in [1.82, 2.24) is 0 Å². The second-order valence-electron chi connectivity index (χ2n) is 4.69. The molecule has 1 aliphatic rings. The molecule has 2 aromatic carbocycles. The van der Waals surface area contributed by atoms with E-state index in [1.54, 1.807) is 30.2 Å². The minimum atomic E-state index is -0.277. The van der Waals surface area contributed by atoms with Crippen molar-refractivity contribution in [3.05, 3.63) is 59.4 Å². The van der Waals surface area contributed by atoms with Crippen LogP contribution in [0, 0.1) is 12.7 Å². The first-order valence-corrected chi connectivity index (χ1v) is 6.35. The molecule has 0 aliphatic carbocycles. The van der Waals surface area contributed by atoms with Crippen molar-refractivity contribution >= 4 is 23.5 Å². The molecule has 0 fully saturated rings. The number of aryl methyl sites for hydroxylation is 1. The van der Waals surface area contributed by atoms with Crippen LogP contribution in [0.1, 0.15) is 11.1 Å². The largest absolute Gasteiger partial charge is 0.283 e. The molecule has 1 aliphatic heterocycles. The van der Waals surface area contributed by atoms with Gasteiger partial charge in [0.1, 0.15) is 12.4 Å². The van der Waals surface area contributed by atoms with E-state index in [9.17, 15) is 9.18 Å². The highest BCUT2D eigenvalue weighted by Crippen LogP contribution is 2.30. The summed E-state index contributed by atoms with van der Waals surface area (Å²) in [4.78, 5) is 18.0. The Labute approximate surface area is 116 Å². The summed E-state index contributed by atoms with van der Waals surface area (Å²) in [6.07, 6.45) is 1.70. The molecule has 0 radical (unpaired) electrons. The fourth-order valence-corrected chi connectivity index (χ4v) is 2.28. The van der Waals surface area contributed by atoms with E-state index in [1.807, 2.05) is 24.3 Å². The van der Waals surface area contributed by atoms with Gasteiger partial charge in [-0.1, -0.05) is 18.2 Å². The summed E-state index contributed by atoms with van der Waals surface area (Å²) in [5, 5.41) is 0. The summed E-state index contributed by atoms with van der Waals surface area (Å²) in [5.41, 5.74) is 2.81. The molecule has 0 N–H and O–H groups in total. The van der Waals surface area contributed by atoms with Gasteiger partial charge in [-0.25, -0.2) is 4.39 Å². The van der Waals surface area contributed by atoms with Crippen molar-refractivity contribution in [2.45, 2.75) is 6.92 Å². The predicted molar refractivity (Wildman–Crippen MR) is 77.2 cm³/mol. The lowest BCUT2D eigenvalue weighted by Crippen LogP contribution is -2.27. The first-order valence-electron chi connectivity index (χ1n) is 6.35. The fourth-order valence-electron chi connectivity index (χ4n) is 2.28. The maximum atomic E-state index is 13.4. The molecular formula is C16H13FN2O. The van der Waals surface area contributed by atoms with Gasteiger partial charge in [-0.05, 0) is 36.8 Å². The summed E-state index contributed by atoms with van der Waals surface area (Å²) in [7, 11) is 0. The van der Waals surface area contributed by atoms with Crippen LogP contribution >= 0.6 is 0 Å². The van der Waals surface area contributed by atoms with Gasteiger partial charge in [0, 0.05) is 17.5 Å². The number of carbonyl (C=O) groups is 1. The Bertz CT molecular complexity index is 709. The molecule has 1 amide bonds. The van der Waals surface area contributed by atoms with Crippen LogP contribution in [0.15, 0.2) is 47.5 Å². The molecule has 3 rings (SSSR count). The van der Waals surface area contributed by atoms with Gasteiger partial charge in [-0.2, -0.15) is 0 Å². The van der Waals surface area contributed by atoms with E-state index in [0.717, 1.165) is 11.3 Å². The van der Waals surface area contributed by atoms with Crippen molar-refractivity contribution in [3.8, 4) is 0 Å². The highest BCUT2D eigenvalue weighted by atomic mass is 19.1. The zero-order valence-electron chi connectivity index (χ0n) is 11.0. The smallest absolute Gasteiger partial charge is 0.253 e. The zero-order valence-corrected chi connectivity index (χ0v) is 11.0. The number of hydrogen-bond donors (Lipinski definition) is 0. The first kappa shape index (κ1) is 12.5. The first-order chi connectivity index (χ1) is 9.66. The Balaban J connectivity index is 2.16. The van der Waals surface area contributed by atoms with Crippen molar-refractivity contribution in [2.24, 2.45) is 4.99 Å². The molecule has 0 bridgehead atoms. The second kappa shape index (κ2) is 4.89. The standard InChI is InChI=1S/C16H13FN2O/c1-11-8-13(6-7-14(11)17)19-15-5-3-2-4-12(15)9-18-10-16(19)20/h2-9H,10H2,1H3. The van der Waals surface area contributed by atoms with Crippen LogP contribution in [-0.4, -0.2) is 18.7 Å². The summed E-state index contributed by atoms with van der Waals surface area (Å²) in [6.45, 7) is 1.77. The van der Waals surface area contributed by atoms with E-state index in [2.05, 4.69) is 4.99 Å². The van der Waals surface area contributed by atoms with Gasteiger partial charge in [0.05, 0.1) is 5.69 Å². The Hall–Kier alpha value is -2.49. The average molecular weight is 268 g/mol. The molecule has 20 heavy (non-hydrogen) atoms. The Morgan fingerprint density at radius 1 is 1.20 bits per heavy atom. The molecule has 0 saturated heterocycles. The number of rotatable bonds is 1. The zero-order chi connectivity index (χ0) is 14.1. The average Bonchev–Trinajstić information content (AvgIpc) is 2.60. The number of aliphatic imine (C=N–C) groups is 1. The maximum Gasteiger partial charge on any atom is 0.253 e. The SMILES string of the molecule is Cc1cc(N2C(=O)CN=Cc3ccccc32)ccc1F. The molecule has 4 heteroatoms. The number of fused-ring (bicyclic) bond motifs is 1. The lowest BCUT2D eigenvalue weighted by atomic mass is 10.1.